The molecule has 4 aliphatic rings. The van der Waals surface area contributed by atoms with Gasteiger partial charge in [-0.2, -0.15) is 0 Å². The maximum Gasteiger partial charge on any atom is 0.178 e. The minimum Gasteiger partial charge on any atom is -0.390 e. The second-order valence-electron chi connectivity index (χ2n) is 10.5. The maximum atomic E-state index is 17.1. The second-order valence-corrected chi connectivity index (χ2v) is 11.5. The molecule has 0 aliphatic heterocycles. The molecule has 3 unspecified atom stereocenters. The molecule has 0 saturated heterocycles. The van der Waals surface area contributed by atoms with Crippen molar-refractivity contribution in [2.75, 3.05) is 11.5 Å². The first-order chi connectivity index (χ1) is 14.9. The summed E-state index contributed by atoms with van der Waals surface area (Å²) in [4.78, 5) is 25.1. The topological polar surface area (TPSA) is 74.6 Å². The van der Waals surface area contributed by atoms with Crippen LogP contribution in [0.15, 0.2) is 36.5 Å². The molecule has 7 heteroatoms. The third kappa shape index (κ3) is 2.80. The van der Waals surface area contributed by atoms with Gasteiger partial charge in [-0.1, -0.05) is 26.0 Å². The number of allylic oxidation sites excluding steroid dienone is 4. The van der Waals surface area contributed by atoms with Crippen LogP contribution in [0, 0.1) is 28.6 Å². The first-order valence-electron chi connectivity index (χ1n) is 11.3. The Morgan fingerprint density at radius 3 is 2.69 bits per heavy atom. The molecule has 0 aromatic carbocycles. The summed E-state index contributed by atoms with van der Waals surface area (Å²) in [5, 5.41) is 23.0. The van der Waals surface area contributed by atoms with E-state index in [0.717, 1.165) is 6.08 Å². The van der Waals surface area contributed by atoms with Crippen LogP contribution in [0.3, 0.4) is 0 Å². The third-order valence-electron chi connectivity index (χ3n) is 9.10. The van der Waals surface area contributed by atoms with Crippen molar-refractivity contribution in [2.45, 2.75) is 63.6 Å². The molecule has 176 valence electrons. The number of thioether (sulfide) groups is 1. The highest BCUT2D eigenvalue weighted by molar-refractivity contribution is 8.00. The number of ketones is 2. The highest BCUT2D eigenvalue weighted by atomic mass is 32.2. The average Bonchev–Trinajstić information content (AvgIpc) is 2.93. The van der Waals surface area contributed by atoms with Gasteiger partial charge >= 0.3 is 0 Å². The smallest absolute Gasteiger partial charge is 0.178 e. The standard InChI is InChI=1S/C25H32F2O4S/c1-5-8-32-13-21(30)25(31)14(2)9-16-17-11-19(26)18-10-15(28)6-7-22(18,3)24(17,27)20(29)12-23(16,25)4/h5-7,10,14,16-17,19-20,29,31H,1,8-9,11-13H2,2-4H3/t14?,16-,17-,19?,20?,22-,23-,24-,25-/m0/s1. The zero-order valence-electron chi connectivity index (χ0n) is 18.8. The summed E-state index contributed by atoms with van der Waals surface area (Å²) in [5.74, 6) is -1.88. The van der Waals surface area contributed by atoms with E-state index in [1.54, 1.807) is 26.8 Å². The van der Waals surface area contributed by atoms with E-state index in [9.17, 15) is 19.8 Å². The van der Waals surface area contributed by atoms with E-state index >= 15 is 8.78 Å². The molecule has 0 amide bonds. The molecule has 0 aromatic rings. The fourth-order valence-electron chi connectivity index (χ4n) is 7.48. The highest BCUT2D eigenvalue weighted by Crippen LogP contribution is 2.71. The van der Waals surface area contributed by atoms with Gasteiger partial charge in [-0.05, 0) is 55.7 Å². The summed E-state index contributed by atoms with van der Waals surface area (Å²) >= 11 is 1.35. The normalized spacial score (nSPS) is 49.7. The molecule has 3 saturated carbocycles. The van der Waals surface area contributed by atoms with Crippen molar-refractivity contribution in [3.63, 3.8) is 0 Å². The Hall–Kier alpha value is -1.31. The molecule has 0 aromatic heterocycles. The van der Waals surface area contributed by atoms with Crippen LogP contribution >= 0.6 is 11.8 Å². The number of aliphatic hydroxyl groups is 2. The molecule has 0 radical (unpaired) electrons. The average molecular weight is 467 g/mol. The molecule has 0 bridgehead atoms. The van der Waals surface area contributed by atoms with Crippen molar-refractivity contribution in [1.82, 2.24) is 0 Å². The van der Waals surface area contributed by atoms with Crippen LogP contribution in [0.4, 0.5) is 8.78 Å². The summed E-state index contributed by atoms with van der Waals surface area (Å²) < 4.78 is 32.5. The molecule has 2 N–H and O–H groups in total. The van der Waals surface area contributed by atoms with E-state index in [1.807, 2.05) is 0 Å². The van der Waals surface area contributed by atoms with E-state index in [-0.39, 0.29) is 35.7 Å². The predicted molar refractivity (Wildman–Crippen MR) is 121 cm³/mol. The van der Waals surface area contributed by atoms with Crippen molar-refractivity contribution in [3.05, 3.63) is 36.5 Å². The molecule has 4 nitrogen and oxygen atoms in total. The molecule has 4 aliphatic carbocycles. The molecule has 32 heavy (non-hydrogen) atoms. The van der Waals surface area contributed by atoms with Gasteiger partial charge in [-0.3, -0.25) is 9.59 Å². The number of carbonyl (C=O) groups excluding carboxylic acids is 2. The van der Waals surface area contributed by atoms with Gasteiger partial charge in [0.1, 0.15) is 11.8 Å². The van der Waals surface area contributed by atoms with Crippen molar-refractivity contribution >= 4 is 23.3 Å². The van der Waals surface area contributed by atoms with Crippen LogP contribution in [0.5, 0.6) is 0 Å². The van der Waals surface area contributed by atoms with Gasteiger partial charge in [-0.25, -0.2) is 8.78 Å². The summed E-state index contributed by atoms with van der Waals surface area (Å²) in [7, 11) is 0. The Balaban J connectivity index is 1.77. The van der Waals surface area contributed by atoms with Gasteiger partial charge in [0, 0.05) is 22.5 Å². The predicted octanol–water partition coefficient (Wildman–Crippen LogP) is 3.77. The van der Waals surface area contributed by atoms with E-state index in [1.165, 1.54) is 23.9 Å². The molecule has 0 heterocycles. The lowest BCUT2D eigenvalue weighted by Crippen LogP contribution is -2.70. The molecular formula is C25H32F2O4S. The van der Waals surface area contributed by atoms with E-state index in [0.29, 0.717) is 12.2 Å². The van der Waals surface area contributed by atoms with Crippen LogP contribution in [0.1, 0.15) is 40.0 Å². The number of halogens is 2. The zero-order chi connectivity index (χ0) is 23.7. The van der Waals surface area contributed by atoms with Gasteiger partial charge in [0.2, 0.25) is 0 Å². The Kier molecular flexibility index (Phi) is 5.66. The zero-order valence-corrected chi connectivity index (χ0v) is 19.6. The van der Waals surface area contributed by atoms with E-state index in [4.69, 9.17) is 0 Å². The van der Waals surface area contributed by atoms with Crippen molar-refractivity contribution in [1.29, 1.82) is 0 Å². The number of aliphatic hydroxyl groups excluding tert-OH is 1. The lowest BCUT2D eigenvalue weighted by molar-refractivity contribution is -0.222. The molecule has 9 atom stereocenters. The van der Waals surface area contributed by atoms with E-state index < -0.39 is 52.1 Å². The van der Waals surface area contributed by atoms with Crippen LogP contribution in [-0.2, 0) is 9.59 Å². The quantitative estimate of drug-likeness (QED) is 0.477. The number of rotatable bonds is 5. The largest absolute Gasteiger partial charge is 0.390 e. The summed E-state index contributed by atoms with van der Waals surface area (Å²) in [6.07, 6.45) is 2.53. The third-order valence-corrected chi connectivity index (χ3v) is 10.0. The van der Waals surface area contributed by atoms with Crippen molar-refractivity contribution < 1.29 is 28.6 Å². The Morgan fingerprint density at radius 2 is 2.03 bits per heavy atom. The van der Waals surface area contributed by atoms with Crippen LogP contribution in [-0.4, -0.2) is 56.8 Å². The molecule has 0 spiro atoms. The van der Waals surface area contributed by atoms with Gasteiger partial charge in [0.15, 0.2) is 17.2 Å². The van der Waals surface area contributed by atoms with Gasteiger partial charge in [0.25, 0.3) is 0 Å². The van der Waals surface area contributed by atoms with Gasteiger partial charge in [-0.15, -0.1) is 18.3 Å². The van der Waals surface area contributed by atoms with Crippen LogP contribution in [0.2, 0.25) is 0 Å². The van der Waals surface area contributed by atoms with E-state index in [2.05, 4.69) is 6.58 Å². The summed E-state index contributed by atoms with van der Waals surface area (Å²) in [6.45, 7) is 8.73. The molecular weight excluding hydrogens is 434 g/mol. The minimum absolute atomic E-state index is 0.0737. The second kappa shape index (κ2) is 7.60. The van der Waals surface area contributed by atoms with Gasteiger partial charge in [0.05, 0.1) is 11.9 Å². The number of fused-ring (bicyclic) bond motifs is 5. The lowest BCUT2D eigenvalue weighted by Gasteiger charge is -2.63. The van der Waals surface area contributed by atoms with Gasteiger partial charge < -0.3 is 10.2 Å². The fraction of sp³-hybridized carbons (Fsp3) is 0.680. The van der Waals surface area contributed by atoms with Crippen molar-refractivity contribution in [3.8, 4) is 0 Å². The SMILES string of the molecule is C=CCSCC(=O)[C@@]1(O)C(C)C[C@H]2[C@@H]3CC(F)C4=CC(=O)C=C[C@]4(C)[C@@]3(F)C(O)C[C@@]21C. The number of hydrogen-bond acceptors (Lipinski definition) is 5. The fourth-order valence-corrected chi connectivity index (χ4v) is 8.17. The monoisotopic (exact) mass is 466 g/mol. The lowest BCUT2D eigenvalue weighted by atomic mass is 9.44. The first-order valence-corrected chi connectivity index (χ1v) is 12.4. The minimum atomic E-state index is -2.20. The number of hydrogen-bond donors (Lipinski definition) is 2. The molecule has 4 rings (SSSR count). The number of alkyl halides is 2. The van der Waals surface area contributed by atoms with Crippen molar-refractivity contribution in [2.24, 2.45) is 28.6 Å². The maximum absolute atomic E-state index is 17.1. The summed E-state index contributed by atoms with van der Waals surface area (Å²) in [6, 6.07) is 0. The van der Waals surface area contributed by atoms with Crippen LogP contribution in [0.25, 0.3) is 0 Å². The molecule has 3 fully saturated rings. The highest BCUT2D eigenvalue weighted by Gasteiger charge is 2.76. The number of Topliss-reactive ketones (excluding diaryl/α,β-unsaturated/α-hetero) is 1. The summed E-state index contributed by atoms with van der Waals surface area (Å²) in [5.41, 5.74) is -6.39. The Morgan fingerprint density at radius 1 is 1.34 bits per heavy atom. The Bertz CT molecular complexity index is 918. The Labute approximate surface area is 192 Å². The first kappa shape index (κ1) is 23.8. The van der Waals surface area contributed by atoms with Crippen LogP contribution < -0.4 is 0 Å². The number of carbonyl (C=O) groups is 2.